The summed E-state index contributed by atoms with van der Waals surface area (Å²) in [6.45, 7) is 6.28. The van der Waals surface area contributed by atoms with Crippen LogP contribution in [0.25, 0.3) is 10.9 Å². The van der Waals surface area contributed by atoms with Gasteiger partial charge in [-0.25, -0.2) is 0 Å². The molecule has 1 amide bonds. The van der Waals surface area contributed by atoms with Crippen molar-refractivity contribution in [3.8, 4) is 0 Å². The molecule has 1 heterocycles. The molecule has 0 radical (unpaired) electrons. The topological polar surface area (TPSA) is 44.9 Å². The molecule has 3 heteroatoms. The quantitative estimate of drug-likeness (QED) is 0.712. The van der Waals surface area contributed by atoms with Gasteiger partial charge in [-0.2, -0.15) is 0 Å². The maximum Gasteiger partial charge on any atom is 0.272 e. The van der Waals surface area contributed by atoms with E-state index in [2.05, 4.69) is 36.3 Å². The second kappa shape index (κ2) is 5.68. The highest BCUT2D eigenvalue weighted by Crippen LogP contribution is 2.23. The fourth-order valence-corrected chi connectivity index (χ4v) is 2.65. The normalized spacial score (nSPS) is 11.1. The van der Waals surface area contributed by atoms with Gasteiger partial charge >= 0.3 is 0 Å². The molecule has 3 aromatic rings. The van der Waals surface area contributed by atoms with Crippen molar-refractivity contribution in [3.63, 3.8) is 0 Å². The molecule has 0 spiro atoms. The Bertz CT molecular complexity index is 813. The molecule has 0 fully saturated rings. The fraction of sp³-hybridized carbons (Fsp3) is 0.211. The van der Waals surface area contributed by atoms with Gasteiger partial charge in [0.25, 0.3) is 5.91 Å². The molecule has 0 aliphatic heterocycles. The van der Waals surface area contributed by atoms with Gasteiger partial charge in [0.15, 0.2) is 0 Å². The first-order chi connectivity index (χ1) is 10.6. The molecule has 22 heavy (non-hydrogen) atoms. The van der Waals surface area contributed by atoms with Crippen LogP contribution in [0.1, 0.15) is 41.4 Å². The van der Waals surface area contributed by atoms with Gasteiger partial charge in [0.2, 0.25) is 0 Å². The van der Waals surface area contributed by atoms with Gasteiger partial charge in [-0.15, -0.1) is 0 Å². The van der Waals surface area contributed by atoms with Gasteiger partial charge in [0, 0.05) is 16.6 Å². The number of hydrogen-bond donors (Lipinski definition) is 2. The Labute approximate surface area is 130 Å². The number of benzene rings is 2. The average molecular weight is 292 g/mol. The molecule has 0 aliphatic rings. The second-order valence-corrected chi connectivity index (χ2v) is 5.90. The summed E-state index contributed by atoms with van der Waals surface area (Å²) in [6.07, 6.45) is 0. The van der Waals surface area contributed by atoms with Gasteiger partial charge in [0.05, 0.1) is 0 Å². The summed E-state index contributed by atoms with van der Waals surface area (Å²) in [4.78, 5) is 15.7. The third kappa shape index (κ3) is 2.62. The van der Waals surface area contributed by atoms with Crippen LogP contribution in [0, 0.1) is 6.92 Å². The van der Waals surface area contributed by atoms with Crippen molar-refractivity contribution in [2.24, 2.45) is 0 Å². The number of anilines is 1. The number of H-pyrrole nitrogens is 1. The predicted octanol–water partition coefficient (Wildman–Crippen LogP) is 4.85. The van der Waals surface area contributed by atoms with Crippen molar-refractivity contribution >= 4 is 22.5 Å². The highest BCUT2D eigenvalue weighted by Gasteiger charge is 2.14. The maximum atomic E-state index is 12.5. The first kappa shape index (κ1) is 14.4. The minimum absolute atomic E-state index is 0.106. The zero-order valence-corrected chi connectivity index (χ0v) is 13.1. The first-order valence-corrected chi connectivity index (χ1v) is 7.55. The Kier molecular flexibility index (Phi) is 3.72. The Morgan fingerprint density at radius 2 is 1.73 bits per heavy atom. The minimum atomic E-state index is -0.106. The Hall–Kier alpha value is -2.55. The fourth-order valence-electron chi connectivity index (χ4n) is 2.65. The number of aromatic amines is 1. The molecular formula is C19H20N2O. The molecule has 0 saturated carbocycles. The number of carbonyl (C=O) groups excluding carboxylic acids is 1. The van der Waals surface area contributed by atoms with Crippen molar-refractivity contribution in [2.75, 3.05) is 5.32 Å². The SMILES string of the molecule is Cc1c(C(=O)Nc2ccc(C(C)C)cc2)[nH]c2ccccc12. The summed E-state index contributed by atoms with van der Waals surface area (Å²) in [5, 5.41) is 4.04. The molecule has 0 saturated heterocycles. The van der Waals surface area contributed by atoms with E-state index in [9.17, 15) is 4.79 Å². The maximum absolute atomic E-state index is 12.5. The van der Waals surface area contributed by atoms with Crippen LogP contribution in [0.5, 0.6) is 0 Å². The molecular weight excluding hydrogens is 272 g/mol. The lowest BCUT2D eigenvalue weighted by atomic mass is 10.0. The first-order valence-electron chi connectivity index (χ1n) is 7.55. The molecule has 112 valence electrons. The monoisotopic (exact) mass is 292 g/mol. The molecule has 1 aromatic heterocycles. The number of para-hydroxylation sites is 1. The van der Waals surface area contributed by atoms with E-state index in [1.165, 1.54) is 5.56 Å². The number of carbonyl (C=O) groups is 1. The van der Waals surface area contributed by atoms with Crippen molar-refractivity contribution in [1.82, 2.24) is 4.98 Å². The van der Waals surface area contributed by atoms with Gasteiger partial charge in [-0.3, -0.25) is 4.79 Å². The van der Waals surface area contributed by atoms with Gasteiger partial charge in [-0.05, 0) is 42.2 Å². The van der Waals surface area contributed by atoms with Crippen LogP contribution in [0.3, 0.4) is 0 Å². The molecule has 0 aliphatic carbocycles. The molecule has 2 aromatic carbocycles. The van der Waals surface area contributed by atoms with Crippen LogP contribution < -0.4 is 5.32 Å². The number of hydrogen-bond acceptors (Lipinski definition) is 1. The minimum Gasteiger partial charge on any atom is -0.350 e. The summed E-state index contributed by atoms with van der Waals surface area (Å²) in [7, 11) is 0. The Morgan fingerprint density at radius 1 is 1.05 bits per heavy atom. The predicted molar refractivity (Wildman–Crippen MR) is 91.5 cm³/mol. The molecule has 2 N–H and O–H groups in total. The highest BCUT2D eigenvalue weighted by atomic mass is 16.1. The van der Waals surface area contributed by atoms with Gasteiger partial charge in [0.1, 0.15) is 5.69 Å². The third-order valence-corrected chi connectivity index (χ3v) is 4.03. The van der Waals surface area contributed by atoms with E-state index in [0.717, 1.165) is 22.2 Å². The Balaban J connectivity index is 1.85. The zero-order chi connectivity index (χ0) is 15.7. The molecule has 3 rings (SSSR count). The summed E-state index contributed by atoms with van der Waals surface area (Å²) in [5.74, 6) is 0.381. The third-order valence-electron chi connectivity index (χ3n) is 4.03. The van der Waals surface area contributed by atoms with E-state index < -0.39 is 0 Å². The number of rotatable bonds is 3. The molecule has 0 atom stereocenters. The van der Waals surface area contributed by atoms with E-state index in [1.54, 1.807) is 0 Å². The van der Waals surface area contributed by atoms with Gasteiger partial charge < -0.3 is 10.3 Å². The highest BCUT2D eigenvalue weighted by molar-refractivity contribution is 6.07. The Morgan fingerprint density at radius 3 is 2.36 bits per heavy atom. The van der Waals surface area contributed by atoms with Crippen LogP contribution in [-0.2, 0) is 0 Å². The van der Waals surface area contributed by atoms with E-state index in [4.69, 9.17) is 0 Å². The lowest BCUT2D eigenvalue weighted by Crippen LogP contribution is -2.13. The number of nitrogens with one attached hydrogen (secondary N) is 2. The van der Waals surface area contributed by atoms with Crippen molar-refractivity contribution in [2.45, 2.75) is 26.7 Å². The zero-order valence-electron chi connectivity index (χ0n) is 13.1. The van der Waals surface area contributed by atoms with Crippen molar-refractivity contribution < 1.29 is 4.79 Å². The molecule has 3 nitrogen and oxygen atoms in total. The largest absolute Gasteiger partial charge is 0.350 e. The number of aryl methyl sites for hydroxylation is 1. The summed E-state index contributed by atoms with van der Waals surface area (Å²) < 4.78 is 0. The lowest BCUT2D eigenvalue weighted by Gasteiger charge is -2.08. The summed E-state index contributed by atoms with van der Waals surface area (Å²) in [6, 6.07) is 16.0. The summed E-state index contributed by atoms with van der Waals surface area (Å²) >= 11 is 0. The average Bonchev–Trinajstić information content (AvgIpc) is 2.85. The van der Waals surface area contributed by atoms with Crippen molar-refractivity contribution in [3.05, 3.63) is 65.4 Å². The van der Waals surface area contributed by atoms with Gasteiger partial charge in [-0.1, -0.05) is 44.2 Å². The van der Waals surface area contributed by atoms with Crippen LogP contribution in [0.4, 0.5) is 5.69 Å². The standard InChI is InChI=1S/C19H20N2O/c1-12(2)14-8-10-15(11-9-14)20-19(22)18-13(3)16-6-4-5-7-17(16)21-18/h4-12,21H,1-3H3,(H,20,22). The number of fused-ring (bicyclic) bond motifs is 1. The van der Waals surface area contributed by atoms with Crippen LogP contribution in [-0.4, -0.2) is 10.9 Å². The van der Waals surface area contributed by atoms with E-state index in [-0.39, 0.29) is 5.91 Å². The molecule has 0 bridgehead atoms. The van der Waals surface area contributed by atoms with E-state index >= 15 is 0 Å². The summed E-state index contributed by atoms with van der Waals surface area (Å²) in [5.41, 5.74) is 4.66. The van der Waals surface area contributed by atoms with E-state index in [1.807, 2.05) is 43.3 Å². The van der Waals surface area contributed by atoms with Crippen LogP contribution in [0.15, 0.2) is 48.5 Å². The van der Waals surface area contributed by atoms with E-state index in [0.29, 0.717) is 11.6 Å². The lowest BCUT2D eigenvalue weighted by molar-refractivity contribution is 0.102. The van der Waals surface area contributed by atoms with Crippen LogP contribution in [0.2, 0.25) is 0 Å². The molecule has 0 unspecified atom stereocenters. The number of amides is 1. The second-order valence-electron chi connectivity index (χ2n) is 5.90. The van der Waals surface area contributed by atoms with Crippen LogP contribution >= 0.6 is 0 Å². The van der Waals surface area contributed by atoms with Crippen molar-refractivity contribution in [1.29, 1.82) is 0 Å². The smallest absolute Gasteiger partial charge is 0.272 e. The number of aromatic nitrogens is 1.